The van der Waals surface area contributed by atoms with Gasteiger partial charge in [0.15, 0.2) is 0 Å². The number of carbonyl (C=O) groups is 2. The fourth-order valence-corrected chi connectivity index (χ4v) is 1.80. The second-order valence-electron chi connectivity index (χ2n) is 5.20. The zero-order valence-electron chi connectivity index (χ0n) is 11.0. The minimum atomic E-state index is -0.657. The highest BCUT2D eigenvalue weighted by molar-refractivity contribution is 5.85. The first-order valence-corrected chi connectivity index (χ1v) is 5.78. The third-order valence-electron chi connectivity index (χ3n) is 3.16. The minimum Gasteiger partial charge on any atom is -0.369 e. The van der Waals surface area contributed by atoms with Gasteiger partial charge in [-0.15, -0.1) is 0 Å². The van der Waals surface area contributed by atoms with Crippen molar-refractivity contribution in [3.8, 4) is 0 Å². The van der Waals surface area contributed by atoms with Crippen LogP contribution >= 0.6 is 0 Å². The molecule has 4 nitrogen and oxygen atoms in total. The van der Waals surface area contributed by atoms with Crippen molar-refractivity contribution in [1.82, 2.24) is 5.32 Å². The van der Waals surface area contributed by atoms with Gasteiger partial charge in [-0.1, -0.05) is 27.7 Å². The third-order valence-corrected chi connectivity index (χ3v) is 3.16. The van der Waals surface area contributed by atoms with Crippen molar-refractivity contribution in [3.05, 3.63) is 0 Å². The Balaban J connectivity index is 4.85. The average molecular weight is 228 g/mol. The Hall–Kier alpha value is -1.06. The molecule has 0 bridgehead atoms. The van der Waals surface area contributed by atoms with Crippen molar-refractivity contribution in [2.75, 3.05) is 6.54 Å². The molecule has 0 aromatic heterocycles. The van der Waals surface area contributed by atoms with Gasteiger partial charge >= 0.3 is 0 Å². The van der Waals surface area contributed by atoms with E-state index in [1.54, 1.807) is 13.8 Å². The molecule has 0 heterocycles. The Morgan fingerprint density at radius 2 is 1.69 bits per heavy atom. The van der Waals surface area contributed by atoms with Gasteiger partial charge in [-0.3, -0.25) is 9.59 Å². The maximum atomic E-state index is 11.9. The van der Waals surface area contributed by atoms with Crippen LogP contribution in [0.25, 0.3) is 0 Å². The molecule has 3 N–H and O–H groups in total. The first-order chi connectivity index (χ1) is 7.19. The fourth-order valence-electron chi connectivity index (χ4n) is 1.80. The molecule has 1 unspecified atom stereocenters. The Morgan fingerprint density at radius 3 is 2.00 bits per heavy atom. The summed E-state index contributed by atoms with van der Waals surface area (Å²) in [6, 6.07) is 0. The quantitative estimate of drug-likeness (QED) is 0.722. The summed E-state index contributed by atoms with van der Waals surface area (Å²) in [7, 11) is 0. The third kappa shape index (κ3) is 3.51. The van der Waals surface area contributed by atoms with E-state index in [-0.39, 0.29) is 11.8 Å². The molecule has 4 heteroatoms. The van der Waals surface area contributed by atoms with Crippen LogP contribution in [-0.4, -0.2) is 18.4 Å². The lowest BCUT2D eigenvalue weighted by Gasteiger charge is -2.33. The molecule has 1 atom stereocenters. The maximum absolute atomic E-state index is 11.9. The van der Waals surface area contributed by atoms with Gasteiger partial charge in [0.25, 0.3) is 0 Å². The summed E-state index contributed by atoms with van der Waals surface area (Å²) in [4.78, 5) is 23.2. The summed E-state index contributed by atoms with van der Waals surface area (Å²) in [6.07, 6.45) is 1.16. The van der Waals surface area contributed by atoms with Gasteiger partial charge < -0.3 is 11.1 Å². The number of nitrogens with two attached hydrogens (primary N) is 1. The van der Waals surface area contributed by atoms with Crippen molar-refractivity contribution in [3.63, 3.8) is 0 Å². The topological polar surface area (TPSA) is 72.2 Å². The van der Waals surface area contributed by atoms with Gasteiger partial charge in [0.1, 0.15) is 0 Å². The van der Waals surface area contributed by atoms with Crippen LogP contribution in [0.3, 0.4) is 0 Å². The van der Waals surface area contributed by atoms with Crippen molar-refractivity contribution in [2.45, 2.75) is 47.5 Å². The Bertz CT molecular complexity index is 274. The van der Waals surface area contributed by atoms with Gasteiger partial charge in [-0.25, -0.2) is 0 Å². The zero-order valence-corrected chi connectivity index (χ0v) is 11.0. The average Bonchev–Trinajstić information content (AvgIpc) is 2.17. The molecule has 16 heavy (non-hydrogen) atoms. The molecule has 0 aromatic rings. The standard InChI is InChI=1S/C12H24N2O2/c1-6-12(5,10(16)14-7-2)8-11(3,4)9(13)15/h6-8H2,1-5H3,(H2,13,15)(H,14,16). The number of primary amides is 1. The summed E-state index contributed by atoms with van der Waals surface area (Å²) < 4.78 is 0. The number of hydrogen-bond donors (Lipinski definition) is 2. The van der Waals surface area contributed by atoms with E-state index >= 15 is 0 Å². The van der Waals surface area contributed by atoms with Crippen LogP contribution in [-0.2, 0) is 9.59 Å². The predicted molar refractivity (Wildman–Crippen MR) is 64.7 cm³/mol. The Kier molecular flexibility index (Phi) is 4.97. The summed E-state index contributed by atoms with van der Waals surface area (Å²) in [5.74, 6) is -0.372. The fraction of sp³-hybridized carbons (Fsp3) is 0.833. The number of nitrogens with one attached hydrogen (secondary N) is 1. The second-order valence-corrected chi connectivity index (χ2v) is 5.20. The highest BCUT2D eigenvalue weighted by Gasteiger charge is 2.39. The predicted octanol–water partition coefficient (Wildman–Crippen LogP) is 1.44. The molecule has 0 aromatic carbocycles. The lowest BCUT2D eigenvalue weighted by atomic mass is 9.71. The van der Waals surface area contributed by atoms with Crippen LogP contribution in [0.1, 0.15) is 47.5 Å². The van der Waals surface area contributed by atoms with E-state index in [0.717, 1.165) is 0 Å². The molecule has 2 amide bonds. The van der Waals surface area contributed by atoms with Gasteiger partial charge in [-0.05, 0) is 19.8 Å². The number of carbonyl (C=O) groups excluding carboxylic acids is 2. The Labute approximate surface area is 98.0 Å². The number of hydrogen-bond acceptors (Lipinski definition) is 2. The van der Waals surface area contributed by atoms with Crippen LogP contribution in [0, 0.1) is 10.8 Å². The SMILES string of the molecule is CCNC(=O)C(C)(CC)CC(C)(C)C(N)=O. The summed E-state index contributed by atoms with van der Waals surface area (Å²) in [5.41, 5.74) is 4.15. The number of rotatable bonds is 6. The zero-order chi connectivity index (χ0) is 13.0. The van der Waals surface area contributed by atoms with E-state index in [2.05, 4.69) is 5.32 Å². The lowest BCUT2D eigenvalue weighted by Crippen LogP contribution is -2.44. The first kappa shape index (κ1) is 14.9. The maximum Gasteiger partial charge on any atom is 0.225 e. The van der Waals surface area contributed by atoms with Crippen molar-refractivity contribution < 1.29 is 9.59 Å². The molecule has 0 spiro atoms. The van der Waals surface area contributed by atoms with Crippen LogP contribution in [0.4, 0.5) is 0 Å². The summed E-state index contributed by atoms with van der Waals surface area (Å²) >= 11 is 0. The van der Waals surface area contributed by atoms with E-state index < -0.39 is 10.8 Å². The monoisotopic (exact) mass is 228 g/mol. The van der Waals surface area contributed by atoms with Crippen molar-refractivity contribution in [1.29, 1.82) is 0 Å². The molecule has 0 aliphatic carbocycles. The van der Waals surface area contributed by atoms with Gasteiger partial charge in [0.05, 0.1) is 0 Å². The van der Waals surface area contributed by atoms with Gasteiger partial charge in [0, 0.05) is 17.4 Å². The molecule has 0 aliphatic heterocycles. The van der Waals surface area contributed by atoms with Crippen molar-refractivity contribution >= 4 is 11.8 Å². The van der Waals surface area contributed by atoms with Gasteiger partial charge in [0.2, 0.25) is 11.8 Å². The minimum absolute atomic E-state index is 0.00757. The smallest absolute Gasteiger partial charge is 0.225 e. The largest absolute Gasteiger partial charge is 0.369 e. The van der Waals surface area contributed by atoms with E-state index in [1.165, 1.54) is 0 Å². The van der Waals surface area contributed by atoms with Crippen LogP contribution in [0.2, 0.25) is 0 Å². The van der Waals surface area contributed by atoms with Crippen LogP contribution < -0.4 is 11.1 Å². The van der Waals surface area contributed by atoms with Crippen LogP contribution in [0.15, 0.2) is 0 Å². The lowest BCUT2D eigenvalue weighted by molar-refractivity contribution is -0.135. The highest BCUT2D eigenvalue weighted by atomic mass is 16.2. The van der Waals surface area contributed by atoms with E-state index in [9.17, 15) is 9.59 Å². The molecule has 0 aliphatic rings. The van der Waals surface area contributed by atoms with E-state index in [0.29, 0.717) is 19.4 Å². The van der Waals surface area contributed by atoms with Crippen LogP contribution in [0.5, 0.6) is 0 Å². The molecule has 0 saturated heterocycles. The normalized spacial score (nSPS) is 15.3. The summed E-state index contributed by atoms with van der Waals surface area (Å²) in [5, 5.41) is 2.81. The molecular weight excluding hydrogens is 204 g/mol. The highest BCUT2D eigenvalue weighted by Crippen LogP contribution is 2.36. The van der Waals surface area contributed by atoms with E-state index in [1.807, 2.05) is 20.8 Å². The van der Waals surface area contributed by atoms with E-state index in [4.69, 9.17) is 5.73 Å². The number of amides is 2. The Morgan fingerprint density at radius 1 is 1.19 bits per heavy atom. The first-order valence-electron chi connectivity index (χ1n) is 5.78. The molecule has 0 radical (unpaired) electrons. The molecular formula is C12H24N2O2. The molecule has 94 valence electrons. The molecule has 0 saturated carbocycles. The van der Waals surface area contributed by atoms with Crippen molar-refractivity contribution in [2.24, 2.45) is 16.6 Å². The molecule has 0 rings (SSSR count). The second kappa shape index (κ2) is 5.32. The van der Waals surface area contributed by atoms with Gasteiger partial charge in [-0.2, -0.15) is 0 Å². The summed E-state index contributed by atoms with van der Waals surface area (Å²) in [6.45, 7) is 9.87. The molecule has 0 fully saturated rings.